The Kier molecular flexibility index (Phi) is 5.33. The molecule has 0 heterocycles. The molecular formula is C12H16BrNO2S. The fourth-order valence-electron chi connectivity index (χ4n) is 1.34. The molecule has 0 spiro atoms. The molecule has 2 atom stereocenters. The first kappa shape index (κ1) is 14.4. The number of hydrogen-bond donors (Lipinski definition) is 0. The molecule has 94 valence electrons. The third kappa shape index (κ3) is 3.92. The molecule has 0 aliphatic heterocycles. The number of nitrogens with zero attached hydrogens (tertiary/aromatic N) is 1. The van der Waals surface area contributed by atoms with Crippen molar-refractivity contribution in [3.8, 4) is 0 Å². The zero-order valence-electron chi connectivity index (χ0n) is 10.1. The van der Waals surface area contributed by atoms with Crippen molar-refractivity contribution in [2.45, 2.75) is 16.6 Å². The molecule has 3 nitrogen and oxygen atoms in total. The number of carbonyl (C=O) groups is 1. The van der Waals surface area contributed by atoms with E-state index in [4.69, 9.17) is 0 Å². The van der Waals surface area contributed by atoms with Crippen LogP contribution in [0.1, 0.15) is 6.92 Å². The van der Waals surface area contributed by atoms with Crippen LogP contribution in [0.4, 0.5) is 5.69 Å². The fourth-order valence-corrected chi connectivity index (χ4v) is 3.10. The third-order valence-corrected chi connectivity index (χ3v) is 4.20. The quantitative estimate of drug-likeness (QED) is 0.781. The lowest BCUT2D eigenvalue weighted by molar-refractivity contribution is -0.115. The van der Waals surface area contributed by atoms with Gasteiger partial charge in [0.15, 0.2) is 5.78 Å². The van der Waals surface area contributed by atoms with Gasteiger partial charge in [-0.05, 0) is 19.1 Å². The molecule has 1 rings (SSSR count). The van der Waals surface area contributed by atoms with E-state index in [0.29, 0.717) is 4.90 Å². The van der Waals surface area contributed by atoms with Crippen LogP contribution in [0.15, 0.2) is 29.2 Å². The Morgan fingerprint density at radius 1 is 1.41 bits per heavy atom. The zero-order valence-corrected chi connectivity index (χ0v) is 12.5. The van der Waals surface area contributed by atoms with Gasteiger partial charge in [-0.2, -0.15) is 0 Å². The number of anilines is 1. The maximum absolute atomic E-state index is 12.1. The van der Waals surface area contributed by atoms with Crippen molar-refractivity contribution in [2.24, 2.45) is 0 Å². The molecule has 0 bridgehead atoms. The van der Waals surface area contributed by atoms with Crippen molar-refractivity contribution in [1.29, 1.82) is 0 Å². The van der Waals surface area contributed by atoms with E-state index in [0.717, 1.165) is 5.69 Å². The minimum Gasteiger partial charge on any atom is -0.377 e. The molecule has 0 aliphatic rings. The van der Waals surface area contributed by atoms with Gasteiger partial charge < -0.3 is 4.90 Å². The lowest BCUT2D eigenvalue weighted by Gasteiger charge is -2.16. The van der Waals surface area contributed by atoms with Crippen LogP contribution in [0.25, 0.3) is 0 Å². The Balaban J connectivity index is 2.93. The summed E-state index contributed by atoms with van der Waals surface area (Å²) in [6, 6.07) is 7.43. The predicted molar refractivity (Wildman–Crippen MR) is 75.4 cm³/mol. The van der Waals surface area contributed by atoms with Gasteiger partial charge in [-0.25, -0.2) is 0 Å². The normalized spacial score (nSPS) is 14.1. The van der Waals surface area contributed by atoms with Crippen LogP contribution in [0.5, 0.6) is 0 Å². The molecule has 17 heavy (non-hydrogen) atoms. The molecule has 0 aromatic heterocycles. The van der Waals surface area contributed by atoms with Crippen LogP contribution >= 0.6 is 15.9 Å². The second-order valence-corrected chi connectivity index (χ2v) is 6.73. The van der Waals surface area contributed by atoms with Gasteiger partial charge >= 0.3 is 0 Å². The third-order valence-electron chi connectivity index (χ3n) is 2.31. The van der Waals surface area contributed by atoms with E-state index < -0.39 is 10.8 Å². The smallest absolute Gasteiger partial charge is 0.158 e. The summed E-state index contributed by atoms with van der Waals surface area (Å²) in [5.41, 5.74) is 0.890. The second-order valence-electron chi connectivity index (χ2n) is 3.93. The summed E-state index contributed by atoms with van der Waals surface area (Å²) in [6.45, 7) is 1.75. The number of para-hydroxylation sites is 1. The molecule has 1 aromatic carbocycles. The Bertz CT molecular complexity index is 432. The van der Waals surface area contributed by atoms with Gasteiger partial charge in [0.2, 0.25) is 0 Å². The highest BCUT2D eigenvalue weighted by Gasteiger charge is 2.17. The highest BCUT2D eigenvalue weighted by Crippen LogP contribution is 2.22. The van der Waals surface area contributed by atoms with Crippen molar-refractivity contribution < 1.29 is 9.00 Å². The van der Waals surface area contributed by atoms with Gasteiger partial charge in [0.25, 0.3) is 0 Å². The Labute approximate surface area is 113 Å². The number of carbonyl (C=O) groups excluding carboxylic acids is 1. The molecule has 0 fully saturated rings. The van der Waals surface area contributed by atoms with E-state index in [1.807, 2.05) is 37.2 Å². The topological polar surface area (TPSA) is 37.4 Å². The van der Waals surface area contributed by atoms with Crippen LogP contribution in [-0.2, 0) is 15.6 Å². The Morgan fingerprint density at radius 3 is 2.53 bits per heavy atom. The van der Waals surface area contributed by atoms with Gasteiger partial charge in [-0.15, -0.1) is 0 Å². The van der Waals surface area contributed by atoms with E-state index in [2.05, 4.69) is 15.9 Å². The maximum atomic E-state index is 12.1. The molecular weight excluding hydrogens is 302 g/mol. The minimum absolute atomic E-state index is 0.0445. The van der Waals surface area contributed by atoms with E-state index in [1.165, 1.54) is 0 Å². The number of halogens is 1. The zero-order chi connectivity index (χ0) is 13.0. The summed E-state index contributed by atoms with van der Waals surface area (Å²) in [4.78, 5) is 13.9. The van der Waals surface area contributed by atoms with E-state index in [1.54, 1.807) is 13.0 Å². The molecule has 0 N–H and O–H groups in total. The predicted octanol–water partition coefficient (Wildman–Crippen LogP) is 2.21. The molecule has 0 saturated carbocycles. The van der Waals surface area contributed by atoms with Gasteiger partial charge in [0, 0.05) is 14.1 Å². The number of Topliss-reactive ketones (excluding diaryl/α,β-unsaturated/α-hetero) is 1. The molecule has 0 amide bonds. The van der Waals surface area contributed by atoms with Crippen LogP contribution in [0.3, 0.4) is 0 Å². The first-order valence-corrected chi connectivity index (χ1v) is 7.48. The molecule has 0 saturated heterocycles. The fraction of sp³-hybridized carbons (Fsp3) is 0.417. The van der Waals surface area contributed by atoms with Gasteiger partial charge in [0.1, 0.15) is 0 Å². The highest BCUT2D eigenvalue weighted by molar-refractivity contribution is 9.10. The summed E-state index contributed by atoms with van der Waals surface area (Å²) >= 11 is 3.19. The summed E-state index contributed by atoms with van der Waals surface area (Å²) in [5.74, 6) is 0.00830. The first-order valence-electron chi connectivity index (χ1n) is 5.25. The van der Waals surface area contributed by atoms with E-state index in [9.17, 15) is 9.00 Å². The Hall–Kier alpha value is -0.680. The SMILES string of the molecule is CC(Br)C(=O)C[S@@](=O)c1ccccc1N(C)C. The van der Waals surface area contributed by atoms with Crippen molar-refractivity contribution >= 4 is 38.2 Å². The average molecular weight is 318 g/mol. The number of benzene rings is 1. The van der Waals surface area contributed by atoms with Gasteiger partial charge in [-0.1, -0.05) is 28.1 Å². The number of rotatable bonds is 5. The monoisotopic (exact) mass is 317 g/mol. The first-order chi connectivity index (χ1) is 7.93. The van der Waals surface area contributed by atoms with Crippen molar-refractivity contribution in [3.63, 3.8) is 0 Å². The average Bonchev–Trinajstić information content (AvgIpc) is 2.28. The molecule has 1 unspecified atom stereocenters. The largest absolute Gasteiger partial charge is 0.377 e. The van der Waals surface area contributed by atoms with Crippen LogP contribution < -0.4 is 4.90 Å². The summed E-state index contributed by atoms with van der Waals surface area (Å²) in [5, 5.41) is 0. The van der Waals surface area contributed by atoms with Gasteiger partial charge in [0.05, 0.1) is 32.0 Å². The maximum Gasteiger partial charge on any atom is 0.158 e. The number of alkyl halides is 1. The van der Waals surface area contributed by atoms with Crippen LogP contribution in [0.2, 0.25) is 0 Å². The molecule has 0 radical (unpaired) electrons. The Morgan fingerprint density at radius 2 is 2.00 bits per heavy atom. The molecule has 0 aliphatic carbocycles. The highest BCUT2D eigenvalue weighted by atomic mass is 79.9. The number of hydrogen-bond acceptors (Lipinski definition) is 3. The number of ketones is 1. The van der Waals surface area contributed by atoms with E-state index >= 15 is 0 Å². The van der Waals surface area contributed by atoms with E-state index in [-0.39, 0.29) is 16.4 Å². The van der Waals surface area contributed by atoms with Crippen LogP contribution in [-0.4, -0.2) is 34.7 Å². The van der Waals surface area contributed by atoms with Crippen molar-refractivity contribution in [2.75, 3.05) is 24.7 Å². The lowest BCUT2D eigenvalue weighted by atomic mass is 10.3. The van der Waals surface area contributed by atoms with Crippen molar-refractivity contribution in [1.82, 2.24) is 0 Å². The lowest BCUT2D eigenvalue weighted by Crippen LogP contribution is -2.20. The summed E-state index contributed by atoms with van der Waals surface area (Å²) in [7, 11) is 2.50. The summed E-state index contributed by atoms with van der Waals surface area (Å²) in [6.07, 6.45) is 0. The van der Waals surface area contributed by atoms with Crippen molar-refractivity contribution in [3.05, 3.63) is 24.3 Å². The molecule has 5 heteroatoms. The second kappa shape index (κ2) is 6.31. The van der Waals surface area contributed by atoms with Crippen LogP contribution in [0, 0.1) is 0 Å². The van der Waals surface area contributed by atoms with Gasteiger partial charge in [-0.3, -0.25) is 9.00 Å². The molecule has 1 aromatic rings. The minimum atomic E-state index is -1.29. The summed E-state index contributed by atoms with van der Waals surface area (Å²) < 4.78 is 12.1. The standard InChI is InChI=1S/C12H16BrNO2S/c1-9(13)11(15)8-17(16)12-7-5-4-6-10(12)14(2)3/h4-7,9H,8H2,1-3H3/t9?,17-/m1/s1.